The van der Waals surface area contributed by atoms with Crippen LogP contribution in [0.15, 0.2) is 24.3 Å². The normalized spacial score (nSPS) is 10.4. The molecule has 0 spiro atoms. The Morgan fingerprint density at radius 3 is 2.53 bits per heavy atom. The Morgan fingerprint density at radius 2 is 1.88 bits per heavy atom. The Bertz CT molecular complexity index is 335. The van der Waals surface area contributed by atoms with E-state index >= 15 is 0 Å². The van der Waals surface area contributed by atoms with Crippen molar-refractivity contribution in [2.45, 2.75) is 32.3 Å². The van der Waals surface area contributed by atoms with E-state index in [1.165, 1.54) is 0 Å². The molecule has 0 aliphatic carbocycles. The minimum Gasteiger partial charge on any atom is -0.481 e. The molecule has 0 bridgehead atoms. The van der Waals surface area contributed by atoms with E-state index in [1.807, 2.05) is 24.3 Å². The fraction of sp³-hybridized carbons (Fsp3) is 0.462. The Hall–Kier alpha value is -1.06. The van der Waals surface area contributed by atoms with Gasteiger partial charge in [-0.25, -0.2) is 0 Å². The van der Waals surface area contributed by atoms with Gasteiger partial charge in [0.2, 0.25) is 0 Å². The minimum absolute atomic E-state index is 0.247. The molecule has 0 saturated heterocycles. The number of rotatable bonds is 8. The van der Waals surface area contributed by atoms with Crippen molar-refractivity contribution in [2.75, 3.05) is 6.61 Å². The first-order valence-electron chi connectivity index (χ1n) is 5.72. The summed E-state index contributed by atoms with van der Waals surface area (Å²) in [7, 11) is 0. The topological polar surface area (TPSA) is 46.5 Å². The fourth-order valence-electron chi connectivity index (χ4n) is 1.43. The summed E-state index contributed by atoms with van der Waals surface area (Å²) in [4.78, 5) is 10.3. The molecule has 0 heterocycles. The average molecular weight is 257 g/mol. The lowest BCUT2D eigenvalue weighted by molar-refractivity contribution is -0.137. The molecule has 1 aromatic rings. The van der Waals surface area contributed by atoms with Gasteiger partial charge in [0.15, 0.2) is 0 Å². The average Bonchev–Trinajstić information content (AvgIpc) is 2.30. The molecular formula is C13H17ClO3. The van der Waals surface area contributed by atoms with Crippen LogP contribution in [0.1, 0.15) is 31.2 Å². The van der Waals surface area contributed by atoms with Crippen LogP contribution >= 0.6 is 11.6 Å². The molecule has 0 amide bonds. The lowest BCUT2D eigenvalue weighted by atomic mass is 10.2. The summed E-state index contributed by atoms with van der Waals surface area (Å²) in [5, 5.41) is 9.17. The van der Waals surface area contributed by atoms with Crippen LogP contribution in [0.25, 0.3) is 0 Å². The number of carbonyl (C=O) groups is 1. The van der Waals surface area contributed by atoms with Crippen LogP contribution in [-0.4, -0.2) is 17.7 Å². The van der Waals surface area contributed by atoms with Gasteiger partial charge in [0, 0.05) is 18.1 Å². The highest BCUT2D eigenvalue weighted by atomic mass is 35.5. The summed E-state index contributed by atoms with van der Waals surface area (Å²) < 4.78 is 5.48. The molecule has 1 aromatic carbocycles. The molecule has 1 rings (SSSR count). The molecule has 94 valence electrons. The number of halogens is 1. The van der Waals surface area contributed by atoms with Crippen molar-refractivity contribution in [1.82, 2.24) is 0 Å². The van der Waals surface area contributed by atoms with Crippen LogP contribution < -0.4 is 0 Å². The third kappa shape index (κ3) is 6.97. The number of ether oxygens (including phenoxy) is 1. The van der Waals surface area contributed by atoms with E-state index in [0.717, 1.165) is 29.8 Å². The van der Waals surface area contributed by atoms with Crippen molar-refractivity contribution >= 4 is 17.6 Å². The zero-order valence-electron chi connectivity index (χ0n) is 9.69. The second kappa shape index (κ2) is 8.09. The molecule has 0 aromatic heterocycles. The van der Waals surface area contributed by atoms with Crippen molar-refractivity contribution in [3.05, 3.63) is 34.9 Å². The molecule has 0 fully saturated rings. The summed E-state index contributed by atoms with van der Waals surface area (Å²) in [6.45, 7) is 1.25. The van der Waals surface area contributed by atoms with E-state index < -0.39 is 5.97 Å². The largest absolute Gasteiger partial charge is 0.481 e. The number of hydrogen-bond donors (Lipinski definition) is 1. The van der Waals surface area contributed by atoms with Crippen molar-refractivity contribution in [3.8, 4) is 0 Å². The summed E-state index contributed by atoms with van der Waals surface area (Å²) in [6.07, 6.45) is 2.77. The van der Waals surface area contributed by atoms with Crippen molar-refractivity contribution in [3.63, 3.8) is 0 Å². The number of carboxylic acids is 1. The van der Waals surface area contributed by atoms with Crippen LogP contribution in [0.5, 0.6) is 0 Å². The molecule has 0 aliphatic heterocycles. The van der Waals surface area contributed by atoms with E-state index in [2.05, 4.69) is 0 Å². The van der Waals surface area contributed by atoms with E-state index in [1.54, 1.807) is 0 Å². The van der Waals surface area contributed by atoms with Gasteiger partial charge in [-0.05, 0) is 30.5 Å². The molecule has 1 N–H and O–H groups in total. The molecule has 4 heteroatoms. The predicted molar refractivity (Wildman–Crippen MR) is 67.2 cm³/mol. The van der Waals surface area contributed by atoms with E-state index in [0.29, 0.717) is 13.2 Å². The number of aliphatic carboxylic acids is 1. The smallest absolute Gasteiger partial charge is 0.303 e. The molecule has 0 atom stereocenters. The zero-order chi connectivity index (χ0) is 12.5. The third-order valence-electron chi connectivity index (χ3n) is 2.36. The Balaban J connectivity index is 2.01. The zero-order valence-corrected chi connectivity index (χ0v) is 10.4. The SMILES string of the molecule is O=C(O)CCCCCOCc1ccc(Cl)cc1. The van der Waals surface area contributed by atoms with Gasteiger partial charge in [-0.15, -0.1) is 0 Å². The van der Waals surface area contributed by atoms with E-state index in [4.69, 9.17) is 21.4 Å². The quantitative estimate of drug-likeness (QED) is 0.724. The van der Waals surface area contributed by atoms with Gasteiger partial charge in [-0.1, -0.05) is 30.2 Å². The Kier molecular flexibility index (Phi) is 6.67. The maximum Gasteiger partial charge on any atom is 0.303 e. The Morgan fingerprint density at radius 1 is 1.18 bits per heavy atom. The monoisotopic (exact) mass is 256 g/mol. The van der Waals surface area contributed by atoms with Crippen LogP contribution in [0.2, 0.25) is 5.02 Å². The third-order valence-corrected chi connectivity index (χ3v) is 2.61. The highest BCUT2D eigenvalue weighted by molar-refractivity contribution is 6.30. The minimum atomic E-state index is -0.730. The van der Waals surface area contributed by atoms with Gasteiger partial charge in [0.05, 0.1) is 6.61 Å². The number of unbranched alkanes of at least 4 members (excludes halogenated alkanes) is 2. The van der Waals surface area contributed by atoms with Crippen LogP contribution in [0.3, 0.4) is 0 Å². The van der Waals surface area contributed by atoms with Gasteiger partial charge in [0.25, 0.3) is 0 Å². The first kappa shape index (κ1) is 14.0. The Labute approximate surface area is 106 Å². The van der Waals surface area contributed by atoms with Crippen molar-refractivity contribution < 1.29 is 14.6 Å². The van der Waals surface area contributed by atoms with Gasteiger partial charge in [0.1, 0.15) is 0 Å². The summed E-state index contributed by atoms with van der Waals surface area (Å²) in [5.41, 5.74) is 1.10. The van der Waals surface area contributed by atoms with Crippen molar-refractivity contribution in [1.29, 1.82) is 0 Å². The van der Waals surface area contributed by atoms with Gasteiger partial charge in [-0.3, -0.25) is 4.79 Å². The maximum atomic E-state index is 10.3. The number of benzene rings is 1. The fourth-order valence-corrected chi connectivity index (χ4v) is 1.55. The first-order valence-corrected chi connectivity index (χ1v) is 6.10. The molecule has 0 unspecified atom stereocenters. The van der Waals surface area contributed by atoms with Crippen LogP contribution in [0, 0.1) is 0 Å². The van der Waals surface area contributed by atoms with Gasteiger partial charge in [-0.2, -0.15) is 0 Å². The number of carboxylic acid groups (broad SMARTS) is 1. The summed E-state index contributed by atoms with van der Waals surface area (Å²) in [5.74, 6) is -0.730. The predicted octanol–water partition coefficient (Wildman–Crippen LogP) is 3.50. The molecule has 3 nitrogen and oxygen atoms in total. The molecule has 0 aliphatic rings. The molecule has 0 radical (unpaired) electrons. The highest BCUT2D eigenvalue weighted by Crippen LogP contribution is 2.10. The summed E-state index contributed by atoms with van der Waals surface area (Å²) >= 11 is 5.77. The standard InChI is InChI=1S/C13H17ClO3/c14-12-7-5-11(6-8-12)10-17-9-3-1-2-4-13(15)16/h5-8H,1-4,9-10H2,(H,15,16). The molecule has 0 saturated carbocycles. The van der Waals surface area contributed by atoms with Crippen molar-refractivity contribution in [2.24, 2.45) is 0 Å². The van der Waals surface area contributed by atoms with E-state index in [9.17, 15) is 4.79 Å². The van der Waals surface area contributed by atoms with Gasteiger partial charge >= 0.3 is 5.97 Å². The van der Waals surface area contributed by atoms with E-state index in [-0.39, 0.29) is 6.42 Å². The molecule has 17 heavy (non-hydrogen) atoms. The lowest BCUT2D eigenvalue weighted by Crippen LogP contribution is -1.97. The highest BCUT2D eigenvalue weighted by Gasteiger charge is 1.97. The van der Waals surface area contributed by atoms with Crippen LogP contribution in [-0.2, 0) is 16.1 Å². The van der Waals surface area contributed by atoms with Gasteiger partial charge < -0.3 is 9.84 Å². The second-order valence-corrected chi connectivity index (χ2v) is 4.32. The number of hydrogen-bond acceptors (Lipinski definition) is 2. The second-order valence-electron chi connectivity index (χ2n) is 3.88. The summed E-state index contributed by atoms with van der Waals surface area (Å²) in [6, 6.07) is 7.56. The maximum absolute atomic E-state index is 10.3. The molecular weight excluding hydrogens is 240 g/mol. The first-order chi connectivity index (χ1) is 8.18. The van der Waals surface area contributed by atoms with Crippen LogP contribution in [0.4, 0.5) is 0 Å². The lowest BCUT2D eigenvalue weighted by Gasteiger charge is -2.04.